The number of para-hydroxylation sites is 1. The molecule has 10 aromatic rings. The second-order valence-electron chi connectivity index (χ2n) is 14.4. The van der Waals surface area contributed by atoms with Crippen molar-refractivity contribution in [3.63, 3.8) is 0 Å². The molecule has 0 fully saturated rings. The van der Waals surface area contributed by atoms with Crippen molar-refractivity contribution in [1.82, 2.24) is 9.97 Å². The summed E-state index contributed by atoms with van der Waals surface area (Å²) in [6.45, 7) is 0. The molecule has 1 aliphatic rings. The Balaban J connectivity index is 0.889. The Kier molecular flexibility index (Phi) is 8.61. The molecular weight excluding hydrogens is 743 g/mol. The molecule has 0 bridgehead atoms. The van der Waals surface area contributed by atoms with Crippen LogP contribution in [0.2, 0.25) is 0 Å². The molecule has 1 aliphatic heterocycles. The lowest BCUT2D eigenvalue weighted by Crippen LogP contribution is -1.94. The van der Waals surface area contributed by atoms with E-state index < -0.39 is 0 Å². The van der Waals surface area contributed by atoms with E-state index in [1.165, 1.54) is 47.9 Å². The molecule has 2 aromatic heterocycles. The molecule has 0 unspecified atom stereocenters. The predicted molar refractivity (Wildman–Crippen MR) is 245 cm³/mol. The summed E-state index contributed by atoms with van der Waals surface area (Å²) in [6.07, 6.45) is 2.02. The predicted octanol–water partition coefficient (Wildman–Crippen LogP) is 15.1. The van der Waals surface area contributed by atoms with Gasteiger partial charge < -0.3 is 0 Å². The van der Waals surface area contributed by atoms with Crippen molar-refractivity contribution in [2.75, 3.05) is 0 Å². The topological polar surface area (TPSA) is 38.1 Å². The van der Waals surface area contributed by atoms with Crippen LogP contribution in [0.15, 0.2) is 209 Å². The number of hydrogen-bond donors (Lipinski definition) is 0. The molecule has 0 aliphatic carbocycles. The summed E-state index contributed by atoms with van der Waals surface area (Å²) in [4.78, 5) is 17.7. The number of rotatable bonds is 6. The number of hydrogen-bond acceptors (Lipinski definition) is 5. The summed E-state index contributed by atoms with van der Waals surface area (Å²) in [7, 11) is 0. The molecule has 0 saturated carbocycles. The minimum atomic E-state index is 0.727. The molecule has 3 heterocycles. The fourth-order valence-corrected chi connectivity index (χ4v) is 10.0. The molecule has 0 atom stereocenters. The smallest absolute Gasteiger partial charge is 0.160 e. The zero-order chi connectivity index (χ0) is 38.4. The zero-order valence-corrected chi connectivity index (χ0v) is 32.8. The van der Waals surface area contributed by atoms with E-state index in [2.05, 4.69) is 188 Å². The molecular formula is C53H33N3S2. The van der Waals surface area contributed by atoms with E-state index in [0.717, 1.165) is 60.6 Å². The highest BCUT2D eigenvalue weighted by Crippen LogP contribution is 2.43. The van der Waals surface area contributed by atoms with Gasteiger partial charge in [0, 0.05) is 42.8 Å². The Morgan fingerprint density at radius 2 is 0.966 bits per heavy atom. The van der Waals surface area contributed by atoms with Crippen molar-refractivity contribution in [3.8, 4) is 67.2 Å². The van der Waals surface area contributed by atoms with Gasteiger partial charge in [-0.1, -0.05) is 176 Å². The number of thiophene rings is 1. The molecule has 5 heteroatoms. The molecule has 3 nitrogen and oxygen atoms in total. The van der Waals surface area contributed by atoms with Gasteiger partial charge in [0.15, 0.2) is 5.82 Å². The minimum Gasteiger partial charge on any atom is -0.255 e. The maximum Gasteiger partial charge on any atom is 0.160 e. The lowest BCUT2D eigenvalue weighted by Gasteiger charge is -2.12. The minimum absolute atomic E-state index is 0.727. The van der Waals surface area contributed by atoms with Crippen LogP contribution in [-0.4, -0.2) is 16.2 Å². The fourth-order valence-electron chi connectivity index (χ4n) is 7.82. The SMILES string of the molecule is C1=Nc2ccccc2Sc2cccc(-c3cccc(-c4ccc(-c5ccc(-c6nc(-c7ccc(-c8ccccc8)cc7)c7sc8ccccc8c7n6)cc5)cc4)c3)c21. The summed E-state index contributed by atoms with van der Waals surface area (Å²) < 4.78 is 2.32. The molecule has 11 rings (SSSR count). The fraction of sp³-hybridized carbons (Fsp3) is 0. The maximum absolute atomic E-state index is 5.24. The van der Waals surface area contributed by atoms with Crippen LogP contribution in [0, 0.1) is 0 Å². The molecule has 0 spiro atoms. The van der Waals surface area contributed by atoms with E-state index in [-0.39, 0.29) is 0 Å². The van der Waals surface area contributed by atoms with Crippen molar-refractivity contribution < 1.29 is 0 Å². The van der Waals surface area contributed by atoms with Gasteiger partial charge in [-0.25, -0.2) is 9.97 Å². The van der Waals surface area contributed by atoms with Gasteiger partial charge in [0.2, 0.25) is 0 Å². The maximum atomic E-state index is 5.24. The Morgan fingerprint density at radius 3 is 1.74 bits per heavy atom. The Labute approximate surface area is 345 Å². The van der Waals surface area contributed by atoms with Crippen LogP contribution in [0.25, 0.3) is 87.5 Å². The molecule has 0 amide bonds. The molecule has 0 saturated heterocycles. The van der Waals surface area contributed by atoms with Crippen molar-refractivity contribution in [1.29, 1.82) is 0 Å². The number of fused-ring (bicyclic) bond motifs is 5. The lowest BCUT2D eigenvalue weighted by atomic mass is 9.95. The van der Waals surface area contributed by atoms with Gasteiger partial charge in [-0.2, -0.15) is 0 Å². The van der Waals surface area contributed by atoms with Crippen LogP contribution in [0.4, 0.5) is 5.69 Å². The van der Waals surface area contributed by atoms with Crippen LogP contribution in [0.3, 0.4) is 0 Å². The largest absolute Gasteiger partial charge is 0.255 e. The quantitative estimate of drug-likeness (QED) is 0.169. The monoisotopic (exact) mass is 775 g/mol. The summed E-state index contributed by atoms with van der Waals surface area (Å²) in [5.74, 6) is 0.727. The first-order chi connectivity index (χ1) is 28.7. The standard InChI is InChI=1S/C53H33N3S2/c1-2-10-34(11-3-1)35-24-28-39(29-25-35)50-52-51(44-14-4-6-17-47(44)58-52)56-53(55-50)40-30-26-37(27-31-40)36-20-22-38(23-21-36)41-12-8-13-42(32-41)43-15-9-19-48-45(43)33-54-46-16-5-7-18-49(46)57-48/h1-33H. The Bertz CT molecular complexity index is 3170. The summed E-state index contributed by atoms with van der Waals surface area (Å²) in [5, 5.41) is 1.16. The van der Waals surface area contributed by atoms with E-state index in [9.17, 15) is 0 Å². The van der Waals surface area contributed by atoms with Crippen molar-refractivity contribution in [3.05, 3.63) is 200 Å². The Hall–Kier alpha value is -6.92. The number of nitrogens with zero attached hydrogens (tertiary/aromatic N) is 3. The van der Waals surface area contributed by atoms with Gasteiger partial charge in [-0.3, -0.25) is 4.99 Å². The first-order valence-corrected chi connectivity index (χ1v) is 21.0. The van der Waals surface area contributed by atoms with Crippen molar-refractivity contribution >= 4 is 55.3 Å². The normalized spacial score (nSPS) is 12.0. The Morgan fingerprint density at radius 1 is 0.397 bits per heavy atom. The summed E-state index contributed by atoms with van der Waals surface area (Å²) >= 11 is 3.54. The third-order valence-corrected chi connectivity index (χ3v) is 13.1. The molecule has 272 valence electrons. The molecule has 58 heavy (non-hydrogen) atoms. The van der Waals surface area contributed by atoms with Crippen molar-refractivity contribution in [2.24, 2.45) is 4.99 Å². The number of aromatic nitrogens is 2. The van der Waals surface area contributed by atoms with Gasteiger partial charge in [0.05, 0.1) is 21.6 Å². The van der Waals surface area contributed by atoms with E-state index in [1.54, 1.807) is 23.1 Å². The van der Waals surface area contributed by atoms with Crippen LogP contribution >= 0.6 is 23.1 Å². The summed E-state index contributed by atoms with van der Waals surface area (Å²) in [6, 6.07) is 69.0. The van der Waals surface area contributed by atoms with Crippen LogP contribution < -0.4 is 0 Å². The van der Waals surface area contributed by atoms with Crippen LogP contribution in [-0.2, 0) is 0 Å². The number of benzene rings is 8. The van der Waals surface area contributed by atoms with E-state index in [1.807, 2.05) is 12.3 Å². The average molecular weight is 776 g/mol. The highest BCUT2D eigenvalue weighted by molar-refractivity contribution is 7.99. The van der Waals surface area contributed by atoms with E-state index >= 15 is 0 Å². The van der Waals surface area contributed by atoms with Gasteiger partial charge in [-0.05, 0) is 74.8 Å². The van der Waals surface area contributed by atoms with Crippen molar-refractivity contribution in [2.45, 2.75) is 9.79 Å². The van der Waals surface area contributed by atoms with E-state index in [4.69, 9.17) is 15.0 Å². The van der Waals surface area contributed by atoms with Crippen LogP contribution in [0.5, 0.6) is 0 Å². The van der Waals surface area contributed by atoms with Gasteiger partial charge in [0.1, 0.15) is 0 Å². The lowest BCUT2D eigenvalue weighted by molar-refractivity contribution is 1.24. The third kappa shape index (κ3) is 6.31. The molecule has 8 aromatic carbocycles. The molecule has 0 radical (unpaired) electrons. The van der Waals surface area contributed by atoms with Crippen LogP contribution in [0.1, 0.15) is 5.56 Å². The number of aliphatic imine (C=N–C) groups is 1. The average Bonchev–Trinajstić information content (AvgIpc) is 3.56. The van der Waals surface area contributed by atoms with Gasteiger partial charge >= 0.3 is 0 Å². The first kappa shape index (κ1) is 34.3. The summed E-state index contributed by atoms with van der Waals surface area (Å²) in [5.41, 5.74) is 15.6. The highest BCUT2D eigenvalue weighted by Gasteiger charge is 2.18. The second-order valence-corrected chi connectivity index (χ2v) is 16.5. The first-order valence-electron chi connectivity index (χ1n) is 19.3. The zero-order valence-electron chi connectivity index (χ0n) is 31.2. The van der Waals surface area contributed by atoms with E-state index in [0.29, 0.717) is 0 Å². The van der Waals surface area contributed by atoms with Gasteiger partial charge in [0.25, 0.3) is 0 Å². The third-order valence-electron chi connectivity index (χ3n) is 10.8. The van der Waals surface area contributed by atoms with Gasteiger partial charge in [-0.15, -0.1) is 11.3 Å². The second kappa shape index (κ2) is 14.5. The highest BCUT2D eigenvalue weighted by atomic mass is 32.2. The molecule has 0 N–H and O–H groups in total.